The summed E-state index contributed by atoms with van der Waals surface area (Å²) in [6.45, 7) is 5.96. The summed E-state index contributed by atoms with van der Waals surface area (Å²) in [7, 11) is 0. The zero-order valence-electron chi connectivity index (χ0n) is 14.7. The Kier molecular flexibility index (Phi) is 5.17. The molecule has 1 fully saturated rings. The molecule has 25 heavy (non-hydrogen) atoms. The summed E-state index contributed by atoms with van der Waals surface area (Å²) in [5.41, 5.74) is 1.85. The molecule has 1 saturated heterocycles. The highest BCUT2D eigenvalue weighted by molar-refractivity contribution is 6.05. The largest absolute Gasteiger partial charge is 0.338 e. The smallest absolute Gasteiger partial charge is 0.255 e. The van der Waals surface area contributed by atoms with Crippen molar-refractivity contribution >= 4 is 17.5 Å². The Morgan fingerprint density at radius 1 is 0.920 bits per heavy atom. The molecular weight excluding hydrogens is 312 g/mol. The van der Waals surface area contributed by atoms with E-state index in [0.717, 1.165) is 19.5 Å². The number of piperidine rings is 1. The summed E-state index contributed by atoms with van der Waals surface area (Å²) in [5.74, 6) is 0.905. The fourth-order valence-corrected chi connectivity index (χ4v) is 3.53. The van der Waals surface area contributed by atoms with E-state index < -0.39 is 0 Å². The Labute approximate surface area is 148 Å². The van der Waals surface area contributed by atoms with E-state index >= 15 is 0 Å². The van der Waals surface area contributed by atoms with Crippen LogP contribution in [0.3, 0.4) is 0 Å². The second-order valence-electron chi connectivity index (χ2n) is 7.06. The van der Waals surface area contributed by atoms with Crippen LogP contribution >= 0.6 is 0 Å². The van der Waals surface area contributed by atoms with Gasteiger partial charge in [-0.25, -0.2) is 0 Å². The second kappa shape index (κ2) is 7.51. The lowest BCUT2D eigenvalue weighted by Crippen LogP contribution is -2.42. The van der Waals surface area contributed by atoms with E-state index in [1.54, 1.807) is 24.3 Å². The minimum atomic E-state index is -0.176. The van der Waals surface area contributed by atoms with Crippen LogP contribution in [0.1, 0.15) is 41.0 Å². The molecule has 2 aromatic carbocycles. The summed E-state index contributed by atoms with van der Waals surface area (Å²) >= 11 is 0. The molecule has 0 aliphatic carbocycles. The Balaban J connectivity index is 1.73. The molecule has 1 aliphatic rings. The molecule has 0 saturated carbocycles. The molecule has 0 unspecified atom stereocenters. The summed E-state index contributed by atoms with van der Waals surface area (Å²) in [6, 6.07) is 16.2. The topological polar surface area (TPSA) is 49.4 Å². The SMILES string of the molecule is C[C@@H]1C[C@@H](C)CN(C(=O)c2cccc(NC(=O)c3ccccc3)c2)C1. The van der Waals surface area contributed by atoms with Gasteiger partial charge in [-0.15, -0.1) is 0 Å². The summed E-state index contributed by atoms with van der Waals surface area (Å²) < 4.78 is 0. The molecule has 4 heteroatoms. The zero-order chi connectivity index (χ0) is 17.8. The average Bonchev–Trinajstić information content (AvgIpc) is 2.61. The van der Waals surface area contributed by atoms with E-state index in [1.165, 1.54) is 0 Å². The molecule has 1 heterocycles. The Morgan fingerprint density at radius 3 is 2.24 bits per heavy atom. The van der Waals surface area contributed by atoms with E-state index in [0.29, 0.717) is 28.7 Å². The van der Waals surface area contributed by atoms with Crippen LogP contribution in [0, 0.1) is 11.8 Å². The number of benzene rings is 2. The molecule has 1 N–H and O–H groups in total. The number of likely N-dealkylation sites (tertiary alicyclic amines) is 1. The van der Waals surface area contributed by atoms with Crippen LogP contribution in [0.5, 0.6) is 0 Å². The monoisotopic (exact) mass is 336 g/mol. The number of carbonyl (C=O) groups excluding carboxylic acids is 2. The van der Waals surface area contributed by atoms with Gasteiger partial charge in [0.15, 0.2) is 0 Å². The van der Waals surface area contributed by atoms with Crippen molar-refractivity contribution in [2.75, 3.05) is 18.4 Å². The third-order valence-electron chi connectivity index (χ3n) is 4.56. The van der Waals surface area contributed by atoms with Gasteiger partial charge in [0, 0.05) is 29.9 Å². The number of rotatable bonds is 3. The minimum absolute atomic E-state index is 0.0363. The number of amides is 2. The fraction of sp³-hybridized carbons (Fsp3) is 0.333. The maximum atomic E-state index is 12.8. The molecule has 2 amide bonds. The van der Waals surface area contributed by atoms with Crippen LogP contribution in [0.15, 0.2) is 54.6 Å². The molecule has 4 nitrogen and oxygen atoms in total. The number of anilines is 1. The molecule has 0 radical (unpaired) electrons. The molecule has 130 valence electrons. The van der Waals surface area contributed by atoms with Crippen molar-refractivity contribution in [3.05, 3.63) is 65.7 Å². The van der Waals surface area contributed by atoms with Gasteiger partial charge in [-0.1, -0.05) is 38.1 Å². The second-order valence-corrected chi connectivity index (χ2v) is 7.06. The Morgan fingerprint density at radius 2 is 1.56 bits per heavy atom. The molecule has 2 atom stereocenters. The molecule has 2 aromatic rings. The number of hydrogen-bond acceptors (Lipinski definition) is 2. The van der Waals surface area contributed by atoms with Gasteiger partial charge in [-0.2, -0.15) is 0 Å². The third-order valence-corrected chi connectivity index (χ3v) is 4.56. The van der Waals surface area contributed by atoms with E-state index in [4.69, 9.17) is 0 Å². The minimum Gasteiger partial charge on any atom is -0.338 e. The predicted octanol–water partition coefficient (Wildman–Crippen LogP) is 4.06. The molecule has 0 spiro atoms. The van der Waals surface area contributed by atoms with Crippen LogP contribution in [-0.4, -0.2) is 29.8 Å². The van der Waals surface area contributed by atoms with Crippen LogP contribution in [0.2, 0.25) is 0 Å². The van der Waals surface area contributed by atoms with Gasteiger partial charge >= 0.3 is 0 Å². The first-order chi connectivity index (χ1) is 12.0. The quantitative estimate of drug-likeness (QED) is 0.919. The van der Waals surface area contributed by atoms with Crippen molar-refractivity contribution < 1.29 is 9.59 Å². The first-order valence-corrected chi connectivity index (χ1v) is 8.78. The molecule has 1 aliphatic heterocycles. The highest BCUT2D eigenvalue weighted by Gasteiger charge is 2.26. The first kappa shape index (κ1) is 17.2. The van der Waals surface area contributed by atoms with Gasteiger partial charge in [0.1, 0.15) is 0 Å². The maximum absolute atomic E-state index is 12.8. The highest BCUT2D eigenvalue weighted by Crippen LogP contribution is 2.23. The summed E-state index contributed by atoms with van der Waals surface area (Å²) in [6.07, 6.45) is 1.16. The van der Waals surface area contributed by atoms with Gasteiger partial charge in [-0.3, -0.25) is 9.59 Å². The van der Waals surface area contributed by atoms with E-state index in [1.807, 2.05) is 35.2 Å². The van der Waals surface area contributed by atoms with Crippen molar-refractivity contribution in [2.24, 2.45) is 11.8 Å². The van der Waals surface area contributed by atoms with Gasteiger partial charge in [0.05, 0.1) is 0 Å². The lowest BCUT2D eigenvalue weighted by atomic mass is 9.91. The zero-order valence-corrected chi connectivity index (χ0v) is 14.7. The van der Waals surface area contributed by atoms with Gasteiger partial charge < -0.3 is 10.2 Å². The highest BCUT2D eigenvalue weighted by atomic mass is 16.2. The van der Waals surface area contributed by atoms with Gasteiger partial charge in [0.25, 0.3) is 11.8 Å². The molecule has 3 rings (SSSR count). The lowest BCUT2D eigenvalue weighted by Gasteiger charge is -2.35. The van der Waals surface area contributed by atoms with E-state index in [-0.39, 0.29) is 11.8 Å². The van der Waals surface area contributed by atoms with Crippen LogP contribution in [0.25, 0.3) is 0 Å². The van der Waals surface area contributed by atoms with Crippen molar-refractivity contribution in [1.82, 2.24) is 4.90 Å². The van der Waals surface area contributed by atoms with Crippen molar-refractivity contribution in [3.8, 4) is 0 Å². The Hall–Kier alpha value is -2.62. The van der Waals surface area contributed by atoms with Crippen LogP contribution in [-0.2, 0) is 0 Å². The average molecular weight is 336 g/mol. The van der Waals surface area contributed by atoms with Crippen molar-refractivity contribution in [3.63, 3.8) is 0 Å². The molecule has 0 bridgehead atoms. The number of hydrogen-bond donors (Lipinski definition) is 1. The van der Waals surface area contributed by atoms with Crippen molar-refractivity contribution in [2.45, 2.75) is 20.3 Å². The Bertz CT molecular complexity index is 748. The van der Waals surface area contributed by atoms with Gasteiger partial charge in [0.2, 0.25) is 0 Å². The maximum Gasteiger partial charge on any atom is 0.255 e. The number of nitrogens with zero attached hydrogens (tertiary/aromatic N) is 1. The predicted molar refractivity (Wildman–Crippen MR) is 99.7 cm³/mol. The van der Waals surface area contributed by atoms with Gasteiger partial charge in [-0.05, 0) is 48.6 Å². The van der Waals surface area contributed by atoms with Crippen molar-refractivity contribution in [1.29, 1.82) is 0 Å². The standard InChI is InChI=1S/C21H24N2O2/c1-15-11-16(2)14-23(13-15)21(25)18-9-6-10-19(12-18)22-20(24)17-7-4-3-5-8-17/h3-10,12,15-16H,11,13-14H2,1-2H3,(H,22,24)/t15-,16-/m1/s1. The normalized spacial score (nSPS) is 20.2. The number of carbonyl (C=O) groups is 2. The molecular formula is C21H24N2O2. The summed E-state index contributed by atoms with van der Waals surface area (Å²) in [5, 5.41) is 2.86. The molecule has 0 aromatic heterocycles. The third kappa shape index (κ3) is 4.27. The fourth-order valence-electron chi connectivity index (χ4n) is 3.53. The van der Waals surface area contributed by atoms with E-state index in [9.17, 15) is 9.59 Å². The summed E-state index contributed by atoms with van der Waals surface area (Å²) in [4.78, 5) is 27.0. The number of nitrogens with one attached hydrogen (secondary N) is 1. The van der Waals surface area contributed by atoms with Crippen LogP contribution < -0.4 is 5.32 Å². The van der Waals surface area contributed by atoms with E-state index in [2.05, 4.69) is 19.2 Å². The lowest BCUT2D eigenvalue weighted by molar-refractivity contribution is 0.0623. The first-order valence-electron chi connectivity index (χ1n) is 8.78. The van der Waals surface area contributed by atoms with Crippen LogP contribution in [0.4, 0.5) is 5.69 Å².